The highest BCUT2D eigenvalue weighted by Crippen LogP contribution is 2.01. The average molecular weight is 201 g/mol. The summed E-state index contributed by atoms with van der Waals surface area (Å²) in [5.74, 6) is -0.526. The molecule has 0 saturated heterocycles. The summed E-state index contributed by atoms with van der Waals surface area (Å²) in [7, 11) is 1.73. The molecule has 0 aromatic rings. The van der Waals surface area contributed by atoms with E-state index in [1.54, 1.807) is 14.0 Å². The van der Waals surface area contributed by atoms with Crippen molar-refractivity contribution >= 4 is 11.8 Å². The fourth-order valence-electron chi connectivity index (χ4n) is 1.23. The molecule has 0 aromatic carbocycles. The Labute approximate surface area is 85.0 Å². The van der Waals surface area contributed by atoms with Gasteiger partial charge in [0.25, 0.3) is 0 Å². The molecule has 0 aliphatic carbocycles. The van der Waals surface area contributed by atoms with Crippen LogP contribution < -0.4 is 5.32 Å². The Morgan fingerprint density at radius 3 is 2.43 bits per heavy atom. The van der Waals surface area contributed by atoms with Gasteiger partial charge in [-0.2, -0.15) is 0 Å². The van der Waals surface area contributed by atoms with Crippen LogP contribution in [-0.4, -0.2) is 31.4 Å². The van der Waals surface area contributed by atoms with Gasteiger partial charge in [0.15, 0.2) is 5.78 Å². The van der Waals surface area contributed by atoms with Crippen molar-refractivity contribution in [2.45, 2.75) is 39.2 Å². The molecule has 4 nitrogen and oxygen atoms in total. The third kappa shape index (κ3) is 4.97. The topological polar surface area (TPSA) is 55.4 Å². The summed E-state index contributed by atoms with van der Waals surface area (Å²) < 4.78 is 4.70. The van der Waals surface area contributed by atoms with Crippen molar-refractivity contribution < 1.29 is 14.3 Å². The number of nitrogens with one attached hydrogen (secondary N) is 1. The van der Waals surface area contributed by atoms with Crippen LogP contribution >= 0.6 is 0 Å². The first kappa shape index (κ1) is 13.1. The first-order valence-corrected chi connectivity index (χ1v) is 5.01. The molecule has 0 heterocycles. The Balaban J connectivity index is 3.96. The van der Waals surface area contributed by atoms with E-state index in [-0.39, 0.29) is 18.2 Å². The highest BCUT2D eigenvalue weighted by Gasteiger charge is 2.18. The molecule has 4 heteroatoms. The molecular weight excluding hydrogens is 182 g/mol. The van der Waals surface area contributed by atoms with Gasteiger partial charge in [-0.25, -0.2) is 0 Å². The molecule has 0 fully saturated rings. The molecule has 82 valence electrons. The molecule has 0 bridgehead atoms. The van der Waals surface area contributed by atoms with Crippen molar-refractivity contribution in [2.24, 2.45) is 0 Å². The average Bonchev–Trinajstić information content (AvgIpc) is 2.14. The van der Waals surface area contributed by atoms with Crippen molar-refractivity contribution in [3.05, 3.63) is 0 Å². The number of carbonyl (C=O) groups excluding carboxylic acids is 2. The quantitative estimate of drug-likeness (QED) is 0.491. The number of esters is 1. The van der Waals surface area contributed by atoms with Crippen LogP contribution in [0, 0.1) is 0 Å². The minimum absolute atomic E-state index is 0.0900. The molecule has 0 radical (unpaired) electrons. The number of hydrogen-bond donors (Lipinski definition) is 1. The van der Waals surface area contributed by atoms with Gasteiger partial charge in [-0.1, -0.05) is 13.3 Å². The highest BCUT2D eigenvalue weighted by molar-refractivity contribution is 5.98. The van der Waals surface area contributed by atoms with Crippen LogP contribution in [0.2, 0.25) is 0 Å². The van der Waals surface area contributed by atoms with Crippen LogP contribution in [0.1, 0.15) is 33.1 Å². The molecule has 0 aromatic heterocycles. The first-order valence-electron chi connectivity index (χ1n) is 5.01. The zero-order valence-electron chi connectivity index (χ0n) is 9.13. The largest absolute Gasteiger partial charge is 0.466 e. The summed E-state index contributed by atoms with van der Waals surface area (Å²) >= 11 is 0. The van der Waals surface area contributed by atoms with E-state index < -0.39 is 5.97 Å². The van der Waals surface area contributed by atoms with Crippen molar-refractivity contribution in [3.8, 4) is 0 Å². The molecule has 0 spiro atoms. The fraction of sp³-hybridized carbons (Fsp3) is 0.800. The maximum Gasteiger partial charge on any atom is 0.313 e. The van der Waals surface area contributed by atoms with E-state index in [0.29, 0.717) is 6.61 Å². The first-order chi connectivity index (χ1) is 6.65. The molecule has 1 unspecified atom stereocenters. The van der Waals surface area contributed by atoms with Crippen LogP contribution in [-0.2, 0) is 14.3 Å². The number of hydrogen-bond acceptors (Lipinski definition) is 4. The lowest BCUT2D eigenvalue weighted by Crippen LogP contribution is -2.35. The van der Waals surface area contributed by atoms with Crippen molar-refractivity contribution in [3.63, 3.8) is 0 Å². The lowest BCUT2D eigenvalue weighted by molar-refractivity contribution is -0.145. The van der Waals surface area contributed by atoms with Crippen molar-refractivity contribution in [1.29, 1.82) is 0 Å². The monoisotopic (exact) mass is 201 g/mol. The van der Waals surface area contributed by atoms with Crippen LogP contribution in [0.15, 0.2) is 0 Å². The number of carbonyl (C=O) groups is 2. The van der Waals surface area contributed by atoms with E-state index in [0.717, 1.165) is 12.8 Å². The van der Waals surface area contributed by atoms with Crippen molar-refractivity contribution in [2.75, 3.05) is 13.7 Å². The van der Waals surface area contributed by atoms with Crippen LogP contribution in [0.25, 0.3) is 0 Å². The van der Waals surface area contributed by atoms with Crippen LogP contribution in [0.4, 0.5) is 0 Å². The highest BCUT2D eigenvalue weighted by atomic mass is 16.5. The smallest absolute Gasteiger partial charge is 0.313 e. The summed E-state index contributed by atoms with van der Waals surface area (Å²) in [6.45, 7) is 4.05. The molecule has 0 saturated carbocycles. The Kier molecular flexibility index (Phi) is 7.02. The Hall–Kier alpha value is -0.900. The number of ketones is 1. The standard InChI is InChI=1S/C10H19NO3/c1-4-6-8(11-3)9(12)7-10(13)14-5-2/h8,11H,4-7H2,1-3H3. The minimum Gasteiger partial charge on any atom is -0.466 e. The molecule has 1 atom stereocenters. The van der Waals surface area contributed by atoms with Gasteiger partial charge in [0.05, 0.1) is 12.6 Å². The van der Waals surface area contributed by atoms with Gasteiger partial charge >= 0.3 is 5.97 Å². The summed E-state index contributed by atoms with van der Waals surface area (Å²) in [5, 5.41) is 2.89. The lowest BCUT2D eigenvalue weighted by Gasteiger charge is -2.12. The zero-order chi connectivity index (χ0) is 11.0. The number of likely N-dealkylation sites (N-methyl/N-ethyl adjacent to an activating group) is 1. The fourth-order valence-corrected chi connectivity index (χ4v) is 1.23. The Morgan fingerprint density at radius 2 is 2.00 bits per heavy atom. The predicted molar refractivity (Wildman–Crippen MR) is 54.0 cm³/mol. The maximum absolute atomic E-state index is 11.5. The SMILES string of the molecule is CCCC(NC)C(=O)CC(=O)OCC. The van der Waals surface area contributed by atoms with Gasteiger partial charge in [0.2, 0.25) is 0 Å². The molecule has 0 aliphatic rings. The molecule has 14 heavy (non-hydrogen) atoms. The van der Waals surface area contributed by atoms with Gasteiger partial charge in [0, 0.05) is 0 Å². The number of rotatable bonds is 7. The normalized spacial score (nSPS) is 12.2. The van der Waals surface area contributed by atoms with E-state index in [1.807, 2.05) is 6.92 Å². The van der Waals surface area contributed by atoms with E-state index in [4.69, 9.17) is 4.74 Å². The zero-order valence-corrected chi connectivity index (χ0v) is 9.13. The molecule has 0 rings (SSSR count). The molecule has 0 amide bonds. The summed E-state index contributed by atoms with van der Waals surface area (Å²) in [6, 6.07) is -0.218. The van der Waals surface area contributed by atoms with Crippen LogP contribution in [0.3, 0.4) is 0 Å². The van der Waals surface area contributed by atoms with Gasteiger partial charge in [-0.15, -0.1) is 0 Å². The Bertz CT molecular complexity index is 192. The second kappa shape index (κ2) is 7.50. The summed E-state index contributed by atoms with van der Waals surface area (Å²) in [5.41, 5.74) is 0. The second-order valence-electron chi connectivity index (χ2n) is 3.08. The maximum atomic E-state index is 11.5. The number of Topliss-reactive ketones (excluding diaryl/α,β-unsaturated/α-hetero) is 1. The predicted octanol–water partition coefficient (Wildman–Crippen LogP) is 0.897. The third-order valence-electron chi connectivity index (χ3n) is 1.94. The van der Waals surface area contributed by atoms with Gasteiger partial charge in [-0.05, 0) is 20.4 Å². The summed E-state index contributed by atoms with van der Waals surface area (Å²) in [4.78, 5) is 22.5. The van der Waals surface area contributed by atoms with Crippen LogP contribution in [0.5, 0.6) is 0 Å². The second-order valence-corrected chi connectivity index (χ2v) is 3.08. The van der Waals surface area contributed by atoms with E-state index >= 15 is 0 Å². The van der Waals surface area contributed by atoms with E-state index in [9.17, 15) is 9.59 Å². The number of ether oxygens (including phenoxy) is 1. The lowest BCUT2D eigenvalue weighted by atomic mass is 10.1. The summed E-state index contributed by atoms with van der Waals surface area (Å²) in [6.07, 6.45) is 1.55. The Morgan fingerprint density at radius 1 is 1.36 bits per heavy atom. The van der Waals surface area contributed by atoms with E-state index in [1.165, 1.54) is 0 Å². The van der Waals surface area contributed by atoms with Crippen molar-refractivity contribution in [1.82, 2.24) is 5.32 Å². The molecule has 0 aliphatic heterocycles. The van der Waals surface area contributed by atoms with Gasteiger partial charge < -0.3 is 10.1 Å². The van der Waals surface area contributed by atoms with E-state index in [2.05, 4.69) is 5.32 Å². The molecular formula is C10H19NO3. The minimum atomic E-state index is -0.436. The van der Waals surface area contributed by atoms with Gasteiger partial charge in [0.1, 0.15) is 6.42 Å². The third-order valence-corrected chi connectivity index (χ3v) is 1.94. The molecule has 1 N–H and O–H groups in total. The van der Waals surface area contributed by atoms with Gasteiger partial charge in [-0.3, -0.25) is 9.59 Å².